The van der Waals surface area contributed by atoms with Crippen molar-refractivity contribution in [1.29, 1.82) is 0 Å². The fourth-order valence-corrected chi connectivity index (χ4v) is 4.25. The van der Waals surface area contributed by atoms with E-state index in [1.165, 1.54) is 16.0 Å². The van der Waals surface area contributed by atoms with Crippen molar-refractivity contribution >= 4 is 33.0 Å². The van der Waals surface area contributed by atoms with Crippen LogP contribution >= 0.6 is 11.3 Å². The van der Waals surface area contributed by atoms with Crippen molar-refractivity contribution in [3.63, 3.8) is 0 Å². The first-order valence-electron chi connectivity index (χ1n) is 8.28. The summed E-state index contributed by atoms with van der Waals surface area (Å²) in [4.78, 5) is 30.8. The van der Waals surface area contributed by atoms with Crippen LogP contribution in [0.2, 0.25) is 0 Å². The molecule has 27 heavy (non-hydrogen) atoms. The second-order valence-electron chi connectivity index (χ2n) is 6.44. The largest absolute Gasteiger partial charge is 0.439 e. The Labute approximate surface area is 158 Å². The highest BCUT2D eigenvalue weighted by Gasteiger charge is 2.34. The number of hydrogen-bond donors (Lipinski definition) is 2. The van der Waals surface area contributed by atoms with Crippen LogP contribution in [0.1, 0.15) is 32.2 Å². The first-order chi connectivity index (χ1) is 12.9. The number of nitrogens with two attached hydrogens (primary N) is 1. The first-order valence-corrected chi connectivity index (χ1v) is 9.10. The summed E-state index contributed by atoms with van der Waals surface area (Å²) >= 11 is 1.18. The van der Waals surface area contributed by atoms with E-state index in [1.54, 1.807) is 12.1 Å². The standard InChI is InChI=1S/C19H16N4O3S/c1-9-4-6-12(7-5-9)23-15(19(25)26-22-23)16(24)17-14(20)13-10(2)8-11(3)21-18(13)27-17/h4-8H,1-3H3,(H2-,20,22,24,25)/p+1. The average molecular weight is 381 g/mol. The van der Waals surface area contributed by atoms with Crippen LogP contribution in [-0.4, -0.2) is 16.0 Å². The number of nitrogens with zero attached hydrogens (tertiary/aromatic N) is 2. The maximum Gasteiger partial charge on any atom is 0.439 e. The number of aryl methyl sites for hydroxylation is 3. The van der Waals surface area contributed by atoms with Gasteiger partial charge in [-0.15, -0.1) is 11.3 Å². The van der Waals surface area contributed by atoms with Gasteiger partial charge in [0.15, 0.2) is 0 Å². The number of carbonyl (C=O) groups excluding carboxylic acids is 1. The van der Waals surface area contributed by atoms with E-state index in [9.17, 15) is 9.59 Å². The Hall–Kier alpha value is -3.26. The molecule has 1 aromatic carbocycles. The molecule has 4 aromatic rings. The lowest BCUT2D eigenvalue weighted by atomic mass is 10.1. The fraction of sp³-hybridized carbons (Fsp3) is 0.158. The summed E-state index contributed by atoms with van der Waals surface area (Å²) in [5, 5.41) is 3.24. The van der Waals surface area contributed by atoms with Crippen LogP contribution in [0.25, 0.3) is 15.9 Å². The fourth-order valence-electron chi connectivity index (χ4n) is 3.09. The number of aromatic nitrogens is 3. The second-order valence-corrected chi connectivity index (χ2v) is 7.43. The Kier molecular flexibility index (Phi) is 3.92. The lowest BCUT2D eigenvalue weighted by molar-refractivity contribution is -0.672. The monoisotopic (exact) mass is 381 g/mol. The minimum absolute atomic E-state index is 0.133. The predicted molar refractivity (Wildman–Crippen MR) is 103 cm³/mol. The molecule has 7 nitrogen and oxygen atoms in total. The molecule has 3 heterocycles. The molecule has 0 unspecified atom stereocenters. The van der Waals surface area contributed by atoms with Crippen molar-refractivity contribution in [2.45, 2.75) is 20.8 Å². The molecule has 0 fully saturated rings. The molecule has 0 bridgehead atoms. The molecule has 4 rings (SSSR count). The number of ketones is 1. The normalized spacial score (nSPS) is 11.2. The van der Waals surface area contributed by atoms with Gasteiger partial charge in [0.1, 0.15) is 9.71 Å². The number of aromatic amines is 1. The quantitative estimate of drug-likeness (QED) is 0.419. The topological polar surface area (TPSA) is 106 Å². The van der Waals surface area contributed by atoms with Crippen molar-refractivity contribution in [1.82, 2.24) is 10.3 Å². The number of H-pyrrole nitrogens is 1. The highest BCUT2D eigenvalue weighted by Crippen LogP contribution is 2.35. The molecule has 136 valence electrons. The molecule has 0 aliphatic heterocycles. The molecule has 0 saturated heterocycles. The van der Waals surface area contributed by atoms with Gasteiger partial charge in [0, 0.05) is 23.2 Å². The average Bonchev–Trinajstić information content (AvgIpc) is 3.15. The second kappa shape index (κ2) is 6.17. The molecule has 0 radical (unpaired) electrons. The summed E-state index contributed by atoms with van der Waals surface area (Å²) in [6.45, 7) is 5.76. The van der Waals surface area contributed by atoms with E-state index in [-0.39, 0.29) is 10.6 Å². The molecule has 0 spiro atoms. The van der Waals surface area contributed by atoms with Gasteiger partial charge >= 0.3 is 11.3 Å². The predicted octanol–water partition coefficient (Wildman–Crippen LogP) is 2.59. The molecule has 8 heteroatoms. The van der Waals surface area contributed by atoms with Crippen LogP contribution in [0.4, 0.5) is 5.69 Å². The molecule has 0 saturated carbocycles. The van der Waals surface area contributed by atoms with Gasteiger partial charge in [0.2, 0.25) is 5.69 Å². The van der Waals surface area contributed by atoms with Crippen molar-refractivity contribution in [3.8, 4) is 5.69 Å². The molecule has 3 N–H and O–H groups in total. The molecule has 0 amide bonds. The first kappa shape index (κ1) is 17.2. The number of nitrogen functional groups attached to an aromatic ring is 1. The van der Waals surface area contributed by atoms with Gasteiger partial charge in [-0.3, -0.25) is 9.32 Å². The Balaban J connectivity index is 1.90. The zero-order chi connectivity index (χ0) is 19.3. The van der Waals surface area contributed by atoms with Crippen LogP contribution in [0.15, 0.2) is 39.6 Å². The van der Waals surface area contributed by atoms with E-state index in [0.717, 1.165) is 22.2 Å². The van der Waals surface area contributed by atoms with Gasteiger partial charge in [0.05, 0.1) is 5.69 Å². The number of fused-ring (bicyclic) bond motifs is 1. The van der Waals surface area contributed by atoms with Crippen LogP contribution in [0.3, 0.4) is 0 Å². The molecule has 0 atom stereocenters. The van der Waals surface area contributed by atoms with Crippen molar-refractivity contribution in [3.05, 3.63) is 68.1 Å². The summed E-state index contributed by atoms with van der Waals surface area (Å²) < 4.78 is 6.22. The molecule has 3 aromatic heterocycles. The third-order valence-corrected chi connectivity index (χ3v) is 5.48. The van der Waals surface area contributed by atoms with Gasteiger partial charge in [-0.25, -0.2) is 9.78 Å². The number of pyridine rings is 1. The third kappa shape index (κ3) is 2.74. The maximum absolute atomic E-state index is 13.2. The summed E-state index contributed by atoms with van der Waals surface area (Å²) in [6.07, 6.45) is 0. The lowest BCUT2D eigenvalue weighted by Crippen LogP contribution is -2.41. The van der Waals surface area contributed by atoms with E-state index in [0.29, 0.717) is 16.2 Å². The van der Waals surface area contributed by atoms with E-state index in [2.05, 4.69) is 10.3 Å². The lowest BCUT2D eigenvalue weighted by Gasteiger charge is -1.99. The highest BCUT2D eigenvalue weighted by atomic mass is 32.1. The minimum Gasteiger partial charge on any atom is -0.397 e. The number of anilines is 1. The van der Waals surface area contributed by atoms with Crippen LogP contribution in [-0.2, 0) is 0 Å². The number of rotatable bonds is 3. The van der Waals surface area contributed by atoms with Crippen LogP contribution < -0.4 is 16.0 Å². The summed E-state index contributed by atoms with van der Waals surface area (Å²) in [5.74, 6) is -0.497. The maximum atomic E-state index is 13.2. The molecular formula is C19H17N4O3S+. The third-order valence-electron chi connectivity index (χ3n) is 4.38. The van der Waals surface area contributed by atoms with E-state index in [4.69, 9.17) is 10.3 Å². The van der Waals surface area contributed by atoms with Gasteiger partial charge in [-0.2, -0.15) is 0 Å². The Morgan fingerprint density at radius 2 is 1.93 bits per heavy atom. The van der Waals surface area contributed by atoms with Gasteiger partial charge in [-0.1, -0.05) is 17.7 Å². The summed E-state index contributed by atoms with van der Waals surface area (Å²) in [7, 11) is 0. The summed E-state index contributed by atoms with van der Waals surface area (Å²) in [6, 6.07) is 9.26. The summed E-state index contributed by atoms with van der Waals surface area (Å²) in [5.41, 5.74) is 9.16. The van der Waals surface area contributed by atoms with Crippen molar-refractivity contribution in [2.75, 3.05) is 5.73 Å². The number of thiophene rings is 1. The van der Waals surface area contributed by atoms with Gasteiger partial charge < -0.3 is 5.73 Å². The van der Waals surface area contributed by atoms with Crippen LogP contribution in [0, 0.1) is 20.8 Å². The molecule has 0 aliphatic carbocycles. The number of benzene rings is 1. The van der Waals surface area contributed by atoms with Gasteiger partial charge in [-0.05, 0) is 42.4 Å². The Morgan fingerprint density at radius 3 is 2.63 bits per heavy atom. The molecule has 0 aliphatic rings. The van der Waals surface area contributed by atoms with Gasteiger partial charge in [0.25, 0.3) is 5.78 Å². The van der Waals surface area contributed by atoms with E-state index >= 15 is 0 Å². The minimum atomic E-state index is -0.752. The van der Waals surface area contributed by atoms with Crippen molar-refractivity contribution < 1.29 is 14.0 Å². The Bertz CT molecular complexity index is 1250. The van der Waals surface area contributed by atoms with E-state index in [1.807, 2.05) is 39.0 Å². The number of carbonyl (C=O) groups is 1. The zero-order valence-electron chi connectivity index (χ0n) is 15.0. The number of hydrogen-bond acceptors (Lipinski definition) is 6. The smallest absolute Gasteiger partial charge is 0.397 e. The van der Waals surface area contributed by atoms with Crippen molar-refractivity contribution in [2.24, 2.45) is 0 Å². The molecular weight excluding hydrogens is 364 g/mol. The highest BCUT2D eigenvalue weighted by molar-refractivity contribution is 7.21. The van der Waals surface area contributed by atoms with E-state index < -0.39 is 11.4 Å². The zero-order valence-corrected chi connectivity index (χ0v) is 15.8. The van der Waals surface area contributed by atoms with Crippen LogP contribution in [0.5, 0.6) is 0 Å². The SMILES string of the molecule is Cc1ccc(-[n+]2[nH]oc(=O)c2C(=O)c2sc3nc(C)cc(C)c3c2N)cc1. The number of nitrogens with one attached hydrogen (secondary N) is 1. The Morgan fingerprint density at radius 1 is 1.22 bits per heavy atom.